The zero-order valence-electron chi connectivity index (χ0n) is 9.26. The molecule has 2 rings (SSSR count). The van der Waals surface area contributed by atoms with Crippen molar-refractivity contribution >= 4 is 33.2 Å². The lowest BCUT2D eigenvalue weighted by molar-refractivity contribution is 0.0785. The summed E-state index contributed by atoms with van der Waals surface area (Å²) in [5.41, 5.74) is 1.74. The van der Waals surface area contributed by atoms with Crippen molar-refractivity contribution in [2.24, 2.45) is 0 Å². The van der Waals surface area contributed by atoms with E-state index in [0.29, 0.717) is 12.1 Å². The van der Waals surface area contributed by atoms with Crippen molar-refractivity contribution in [3.8, 4) is 0 Å². The fraction of sp³-hybridized carbons (Fsp3) is 0.167. The van der Waals surface area contributed by atoms with Crippen molar-refractivity contribution in [1.82, 2.24) is 9.88 Å². The maximum atomic E-state index is 12.1. The molecule has 5 heteroatoms. The topological polar surface area (TPSA) is 33.2 Å². The van der Waals surface area contributed by atoms with E-state index < -0.39 is 0 Å². The van der Waals surface area contributed by atoms with Crippen molar-refractivity contribution in [3.05, 3.63) is 50.9 Å². The van der Waals surface area contributed by atoms with Crippen LogP contribution in [-0.2, 0) is 6.54 Å². The Kier molecular flexibility index (Phi) is 3.91. The second-order valence-electron chi connectivity index (χ2n) is 3.68. The van der Waals surface area contributed by atoms with E-state index in [-0.39, 0.29) is 5.91 Å². The Hall–Kier alpha value is -1.20. The van der Waals surface area contributed by atoms with Gasteiger partial charge in [0.25, 0.3) is 5.91 Å². The van der Waals surface area contributed by atoms with Crippen LogP contribution < -0.4 is 0 Å². The van der Waals surface area contributed by atoms with E-state index in [2.05, 4.69) is 20.9 Å². The lowest BCUT2D eigenvalue weighted by atomic mass is 10.2. The standard InChI is InChI=1S/C12H11BrN2OS/c1-15(7-9-2-3-17-8-9)12(16)10-4-11(13)6-14-5-10/h2-6,8H,7H2,1H3. The second-order valence-corrected chi connectivity index (χ2v) is 5.38. The van der Waals surface area contributed by atoms with E-state index in [1.807, 2.05) is 16.8 Å². The first-order valence-electron chi connectivity index (χ1n) is 5.04. The largest absolute Gasteiger partial charge is 0.337 e. The van der Waals surface area contributed by atoms with E-state index in [1.54, 1.807) is 41.7 Å². The summed E-state index contributed by atoms with van der Waals surface area (Å²) in [5, 5.41) is 4.05. The van der Waals surface area contributed by atoms with Gasteiger partial charge < -0.3 is 4.90 Å². The number of carbonyl (C=O) groups excluding carboxylic acids is 1. The fourth-order valence-electron chi connectivity index (χ4n) is 1.48. The zero-order chi connectivity index (χ0) is 12.3. The highest BCUT2D eigenvalue weighted by Crippen LogP contribution is 2.13. The molecule has 1 amide bonds. The third-order valence-corrected chi connectivity index (χ3v) is 3.46. The van der Waals surface area contributed by atoms with Gasteiger partial charge in [0, 0.05) is 30.5 Å². The van der Waals surface area contributed by atoms with Crippen LogP contribution in [0.1, 0.15) is 15.9 Å². The van der Waals surface area contributed by atoms with E-state index >= 15 is 0 Å². The van der Waals surface area contributed by atoms with Crippen LogP contribution in [0.3, 0.4) is 0 Å². The Morgan fingerprint density at radius 1 is 1.53 bits per heavy atom. The molecule has 88 valence electrons. The molecule has 17 heavy (non-hydrogen) atoms. The van der Waals surface area contributed by atoms with Crippen LogP contribution in [0.15, 0.2) is 39.8 Å². The number of thiophene rings is 1. The molecule has 0 aromatic carbocycles. The first kappa shape index (κ1) is 12.3. The summed E-state index contributed by atoms with van der Waals surface area (Å²) in [6, 6.07) is 3.80. The molecule has 0 atom stereocenters. The van der Waals surface area contributed by atoms with Gasteiger partial charge in [-0.2, -0.15) is 11.3 Å². The number of hydrogen-bond donors (Lipinski definition) is 0. The van der Waals surface area contributed by atoms with Crippen molar-refractivity contribution in [3.63, 3.8) is 0 Å². The van der Waals surface area contributed by atoms with E-state index in [0.717, 1.165) is 10.0 Å². The Balaban J connectivity index is 2.09. The number of rotatable bonds is 3. The number of hydrogen-bond acceptors (Lipinski definition) is 3. The fourth-order valence-corrected chi connectivity index (χ4v) is 2.50. The summed E-state index contributed by atoms with van der Waals surface area (Å²) >= 11 is 4.94. The van der Waals surface area contributed by atoms with Crippen LogP contribution in [-0.4, -0.2) is 22.8 Å². The number of halogens is 1. The smallest absolute Gasteiger partial charge is 0.255 e. The molecule has 3 nitrogen and oxygen atoms in total. The minimum Gasteiger partial charge on any atom is -0.337 e. The maximum Gasteiger partial charge on any atom is 0.255 e. The van der Waals surface area contributed by atoms with Gasteiger partial charge in [-0.25, -0.2) is 0 Å². The molecule has 0 unspecified atom stereocenters. The van der Waals surface area contributed by atoms with Crippen molar-refractivity contribution < 1.29 is 4.79 Å². The Labute approximate surface area is 112 Å². The molecule has 0 spiro atoms. The summed E-state index contributed by atoms with van der Waals surface area (Å²) in [4.78, 5) is 17.8. The first-order chi connectivity index (χ1) is 8.16. The molecule has 0 radical (unpaired) electrons. The summed E-state index contributed by atoms with van der Waals surface area (Å²) < 4.78 is 0.812. The van der Waals surface area contributed by atoms with Gasteiger partial charge in [0.1, 0.15) is 0 Å². The molecule has 0 aliphatic carbocycles. The van der Waals surface area contributed by atoms with Crippen LogP contribution in [0.25, 0.3) is 0 Å². The summed E-state index contributed by atoms with van der Waals surface area (Å²) in [5.74, 6) is -0.0231. The van der Waals surface area contributed by atoms with Crippen molar-refractivity contribution in [2.45, 2.75) is 6.54 Å². The first-order valence-corrected chi connectivity index (χ1v) is 6.77. The molecular formula is C12H11BrN2OS. The number of aromatic nitrogens is 1. The Morgan fingerprint density at radius 2 is 2.35 bits per heavy atom. The third-order valence-electron chi connectivity index (χ3n) is 2.30. The van der Waals surface area contributed by atoms with Gasteiger partial charge in [-0.05, 0) is 44.4 Å². The molecule has 0 fully saturated rings. The Bertz CT molecular complexity index is 513. The third kappa shape index (κ3) is 3.14. The van der Waals surface area contributed by atoms with Gasteiger partial charge in [-0.15, -0.1) is 0 Å². The van der Waals surface area contributed by atoms with Gasteiger partial charge >= 0.3 is 0 Å². The Morgan fingerprint density at radius 3 is 3.00 bits per heavy atom. The highest BCUT2D eigenvalue weighted by Gasteiger charge is 2.12. The number of pyridine rings is 1. The molecule has 2 aromatic heterocycles. The minimum absolute atomic E-state index is 0.0231. The van der Waals surface area contributed by atoms with E-state index in [1.165, 1.54) is 0 Å². The summed E-state index contributed by atoms with van der Waals surface area (Å²) in [6.45, 7) is 0.620. The van der Waals surface area contributed by atoms with Gasteiger partial charge in [-0.1, -0.05) is 0 Å². The maximum absolute atomic E-state index is 12.1. The van der Waals surface area contributed by atoms with E-state index in [9.17, 15) is 4.79 Å². The molecule has 0 N–H and O–H groups in total. The zero-order valence-corrected chi connectivity index (χ0v) is 11.7. The molecule has 2 aromatic rings. The molecule has 0 saturated carbocycles. The number of amides is 1. The quantitative estimate of drug-likeness (QED) is 0.872. The van der Waals surface area contributed by atoms with Crippen LogP contribution in [0.5, 0.6) is 0 Å². The molecular weight excluding hydrogens is 300 g/mol. The molecule has 0 saturated heterocycles. The van der Waals surface area contributed by atoms with E-state index in [4.69, 9.17) is 0 Å². The molecule has 0 aliphatic rings. The average Bonchev–Trinajstić information content (AvgIpc) is 2.80. The normalized spacial score (nSPS) is 10.2. The highest BCUT2D eigenvalue weighted by atomic mass is 79.9. The van der Waals surface area contributed by atoms with Crippen LogP contribution in [0.2, 0.25) is 0 Å². The van der Waals surface area contributed by atoms with Crippen LogP contribution in [0.4, 0.5) is 0 Å². The van der Waals surface area contributed by atoms with Crippen LogP contribution >= 0.6 is 27.3 Å². The molecule has 0 bridgehead atoms. The monoisotopic (exact) mass is 310 g/mol. The second kappa shape index (κ2) is 5.42. The average molecular weight is 311 g/mol. The predicted octanol–water partition coefficient (Wildman–Crippen LogP) is 3.18. The van der Waals surface area contributed by atoms with Gasteiger partial charge in [0.15, 0.2) is 0 Å². The van der Waals surface area contributed by atoms with Crippen LogP contribution in [0, 0.1) is 0 Å². The highest BCUT2D eigenvalue weighted by molar-refractivity contribution is 9.10. The molecule has 2 heterocycles. The lowest BCUT2D eigenvalue weighted by Crippen LogP contribution is -2.26. The predicted molar refractivity (Wildman–Crippen MR) is 72.1 cm³/mol. The van der Waals surface area contributed by atoms with Gasteiger partial charge in [0.2, 0.25) is 0 Å². The SMILES string of the molecule is CN(Cc1ccsc1)C(=O)c1cncc(Br)c1. The minimum atomic E-state index is -0.0231. The summed E-state index contributed by atoms with van der Waals surface area (Å²) in [6.07, 6.45) is 3.24. The molecule has 0 aliphatic heterocycles. The summed E-state index contributed by atoms with van der Waals surface area (Å²) in [7, 11) is 1.79. The van der Waals surface area contributed by atoms with Gasteiger partial charge in [0.05, 0.1) is 5.56 Å². The van der Waals surface area contributed by atoms with Crippen molar-refractivity contribution in [2.75, 3.05) is 7.05 Å². The van der Waals surface area contributed by atoms with Crippen molar-refractivity contribution in [1.29, 1.82) is 0 Å². The number of carbonyl (C=O) groups is 1. The number of nitrogens with zero attached hydrogens (tertiary/aromatic N) is 2. The van der Waals surface area contributed by atoms with Gasteiger partial charge in [-0.3, -0.25) is 9.78 Å². The lowest BCUT2D eigenvalue weighted by Gasteiger charge is -2.16.